The summed E-state index contributed by atoms with van der Waals surface area (Å²) in [7, 11) is 0. The molecule has 3 N–H and O–H groups in total. The largest absolute Gasteiger partial charge is 0.389 e. The van der Waals surface area contributed by atoms with Gasteiger partial charge >= 0.3 is 6.18 Å². The van der Waals surface area contributed by atoms with E-state index in [0.29, 0.717) is 16.3 Å². The van der Waals surface area contributed by atoms with Crippen LogP contribution in [0.3, 0.4) is 0 Å². The number of thiocarbonyl (C=S) groups is 1. The number of nitrogens with two attached hydrogens (primary N) is 1. The molecule has 0 aliphatic rings. The maximum absolute atomic E-state index is 12.0. The third-order valence-corrected chi connectivity index (χ3v) is 2.65. The van der Waals surface area contributed by atoms with Gasteiger partial charge in [-0.3, -0.25) is 0 Å². The fraction of sp³-hybridized carbons (Fsp3) is 0.364. The highest BCUT2D eigenvalue weighted by molar-refractivity contribution is 7.80. The first-order chi connectivity index (χ1) is 8.29. The van der Waals surface area contributed by atoms with E-state index in [1.54, 1.807) is 18.2 Å². The zero-order valence-electron chi connectivity index (χ0n) is 9.35. The van der Waals surface area contributed by atoms with E-state index in [1.165, 1.54) is 0 Å². The first kappa shape index (κ1) is 15.0. The van der Waals surface area contributed by atoms with Crippen LogP contribution in [0.1, 0.15) is 18.4 Å². The monoisotopic (exact) mass is 296 g/mol. The summed E-state index contributed by atoms with van der Waals surface area (Å²) in [6.45, 7) is 0.191. The number of halogens is 4. The Balaban J connectivity index is 2.59. The normalized spacial score (nSPS) is 11.3. The van der Waals surface area contributed by atoms with Crippen LogP contribution in [-0.2, 0) is 0 Å². The molecular weight excluding hydrogens is 285 g/mol. The SMILES string of the molecule is NC(=S)c1cc(Cl)ccc1NCCCC(F)(F)F. The lowest BCUT2D eigenvalue weighted by Gasteiger charge is -2.12. The molecule has 0 unspecified atom stereocenters. The molecule has 0 aliphatic carbocycles. The number of hydrogen-bond donors (Lipinski definition) is 2. The van der Waals surface area contributed by atoms with Crippen LogP contribution in [0.4, 0.5) is 18.9 Å². The van der Waals surface area contributed by atoms with Crippen molar-refractivity contribution in [2.75, 3.05) is 11.9 Å². The van der Waals surface area contributed by atoms with Crippen LogP contribution in [0.5, 0.6) is 0 Å². The highest BCUT2D eigenvalue weighted by Crippen LogP contribution is 2.23. The second-order valence-corrected chi connectivity index (χ2v) is 4.58. The van der Waals surface area contributed by atoms with Crippen LogP contribution < -0.4 is 11.1 Å². The van der Waals surface area contributed by atoms with Crippen molar-refractivity contribution in [3.63, 3.8) is 0 Å². The summed E-state index contributed by atoms with van der Waals surface area (Å²) in [6, 6.07) is 4.84. The molecule has 7 heteroatoms. The summed E-state index contributed by atoms with van der Waals surface area (Å²) < 4.78 is 35.9. The van der Waals surface area contributed by atoms with E-state index in [0.717, 1.165) is 0 Å². The maximum Gasteiger partial charge on any atom is 0.389 e. The van der Waals surface area contributed by atoms with E-state index in [2.05, 4.69) is 5.32 Å². The molecular formula is C11H12ClF3N2S. The van der Waals surface area contributed by atoms with Gasteiger partial charge in [0.15, 0.2) is 0 Å². The molecule has 0 radical (unpaired) electrons. The van der Waals surface area contributed by atoms with Gasteiger partial charge < -0.3 is 11.1 Å². The van der Waals surface area contributed by atoms with Crippen molar-refractivity contribution in [3.05, 3.63) is 28.8 Å². The van der Waals surface area contributed by atoms with Gasteiger partial charge in [0.1, 0.15) is 4.99 Å². The van der Waals surface area contributed by atoms with Gasteiger partial charge in [-0.1, -0.05) is 23.8 Å². The summed E-state index contributed by atoms with van der Waals surface area (Å²) in [6.07, 6.45) is -4.97. The molecule has 0 saturated heterocycles. The topological polar surface area (TPSA) is 38.0 Å². The van der Waals surface area contributed by atoms with Crippen molar-refractivity contribution in [2.24, 2.45) is 5.73 Å². The molecule has 1 rings (SSSR count). The van der Waals surface area contributed by atoms with Gasteiger partial charge in [-0.2, -0.15) is 13.2 Å². The minimum Gasteiger partial charge on any atom is -0.389 e. The molecule has 0 spiro atoms. The van der Waals surface area contributed by atoms with Gasteiger partial charge in [0.05, 0.1) is 0 Å². The van der Waals surface area contributed by atoms with E-state index < -0.39 is 12.6 Å². The van der Waals surface area contributed by atoms with Crippen LogP contribution in [0.25, 0.3) is 0 Å². The molecule has 0 aliphatic heterocycles. The smallest absolute Gasteiger partial charge is 0.389 e. The van der Waals surface area contributed by atoms with Gasteiger partial charge in [-0.15, -0.1) is 0 Å². The predicted octanol–water partition coefficient (Wildman–Crippen LogP) is 3.73. The lowest BCUT2D eigenvalue weighted by Crippen LogP contribution is -2.15. The fourth-order valence-corrected chi connectivity index (χ4v) is 1.73. The molecule has 0 bridgehead atoms. The fourth-order valence-electron chi connectivity index (χ4n) is 1.39. The number of rotatable bonds is 5. The summed E-state index contributed by atoms with van der Waals surface area (Å²) >= 11 is 10.6. The van der Waals surface area contributed by atoms with Crippen molar-refractivity contribution in [1.29, 1.82) is 0 Å². The minimum atomic E-state index is -4.13. The average molecular weight is 297 g/mol. The molecule has 100 valence electrons. The molecule has 0 amide bonds. The zero-order valence-corrected chi connectivity index (χ0v) is 10.9. The van der Waals surface area contributed by atoms with E-state index in [4.69, 9.17) is 29.6 Å². The lowest BCUT2D eigenvalue weighted by molar-refractivity contribution is -0.134. The van der Waals surface area contributed by atoms with Crippen molar-refractivity contribution < 1.29 is 13.2 Å². The number of nitrogens with one attached hydrogen (secondary N) is 1. The third kappa shape index (κ3) is 5.10. The Bertz CT molecular complexity index is 435. The van der Waals surface area contributed by atoms with Crippen molar-refractivity contribution in [3.8, 4) is 0 Å². The Labute approximate surface area is 113 Å². The number of alkyl halides is 3. The molecule has 0 heterocycles. The van der Waals surface area contributed by atoms with Crippen LogP contribution in [-0.4, -0.2) is 17.7 Å². The van der Waals surface area contributed by atoms with E-state index in [-0.39, 0.29) is 18.0 Å². The summed E-state index contributed by atoms with van der Waals surface area (Å²) in [5.74, 6) is 0. The van der Waals surface area contributed by atoms with Crippen LogP contribution in [0.2, 0.25) is 5.02 Å². The van der Waals surface area contributed by atoms with Gasteiger partial charge in [-0.05, 0) is 24.6 Å². The predicted molar refractivity (Wildman–Crippen MR) is 71.1 cm³/mol. The summed E-state index contributed by atoms with van der Waals surface area (Å²) in [5, 5.41) is 3.34. The molecule has 0 atom stereocenters. The molecule has 1 aromatic carbocycles. The Morgan fingerprint density at radius 2 is 2.06 bits per heavy atom. The highest BCUT2D eigenvalue weighted by Gasteiger charge is 2.25. The number of benzene rings is 1. The van der Waals surface area contributed by atoms with E-state index in [9.17, 15) is 13.2 Å². The Kier molecular flexibility index (Phi) is 5.22. The second kappa shape index (κ2) is 6.24. The molecule has 0 aromatic heterocycles. The number of anilines is 1. The van der Waals surface area contributed by atoms with Crippen LogP contribution in [0, 0.1) is 0 Å². The lowest BCUT2D eigenvalue weighted by atomic mass is 10.1. The minimum absolute atomic E-state index is 0.0110. The first-order valence-electron chi connectivity index (χ1n) is 5.19. The molecule has 2 nitrogen and oxygen atoms in total. The maximum atomic E-state index is 12.0. The molecule has 18 heavy (non-hydrogen) atoms. The Morgan fingerprint density at radius 3 is 2.61 bits per heavy atom. The third-order valence-electron chi connectivity index (χ3n) is 2.20. The van der Waals surface area contributed by atoms with Crippen molar-refractivity contribution in [2.45, 2.75) is 19.0 Å². The van der Waals surface area contributed by atoms with E-state index in [1.807, 2.05) is 0 Å². The molecule has 1 aromatic rings. The van der Waals surface area contributed by atoms with E-state index >= 15 is 0 Å². The van der Waals surface area contributed by atoms with Gasteiger partial charge in [-0.25, -0.2) is 0 Å². The Hall–Kier alpha value is -1.01. The summed E-state index contributed by atoms with van der Waals surface area (Å²) in [4.78, 5) is 0.149. The van der Waals surface area contributed by atoms with Crippen molar-refractivity contribution in [1.82, 2.24) is 0 Å². The average Bonchev–Trinajstić information content (AvgIpc) is 2.24. The molecule has 0 saturated carbocycles. The summed E-state index contributed by atoms with van der Waals surface area (Å²) in [5.41, 5.74) is 6.63. The highest BCUT2D eigenvalue weighted by atomic mass is 35.5. The Morgan fingerprint density at radius 1 is 1.39 bits per heavy atom. The van der Waals surface area contributed by atoms with Gasteiger partial charge in [0.2, 0.25) is 0 Å². The van der Waals surface area contributed by atoms with Crippen molar-refractivity contribution >= 4 is 34.5 Å². The second-order valence-electron chi connectivity index (χ2n) is 3.70. The van der Waals surface area contributed by atoms with Crippen LogP contribution >= 0.6 is 23.8 Å². The first-order valence-corrected chi connectivity index (χ1v) is 5.98. The number of hydrogen-bond acceptors (Lipinski definition) is 2. The van der Waals surface area contributed by atoms with Gasteiger partial charge in [0.25, 0.3) is 0 Å². The standard InChI is InChI=1S/C11H12ClF3N2S/c12-7-2-3-9(8(6-7)10(16)18)17-5-1-4-11(13,14)15/h2-3,6,17H,1,4-5H2,(H2,16,18). The van der Waals surface area contributed by atoms with Gasteiger partial charge in [0, 0.05) is 29.2 Å². The zero-order chi connectivity index (χ0) is 13.8. The van der Waals surface area contributed by atoms with Crippen LogP contribution in [0.15, 0.2) is 18.2 Å². The molecule has 0 fully saturated rings. The quantitative estimate of drug-likeness (QED) is 0.642.